The minimum Gasteiger partial charge on any atom is -0.292 e. The molecule has 3 saturated heterocycles. The van der Waals surface area contributed by atoms with Gasteiger partial charge in [-0.15, -0.1) is 47.0 Å². The number of allylic oxidation sites excluding steroid dienone is 1. The summed E-state index contributed by atoms with van der Waals surface area (Å²) in [5.41, 5.74) is 2.24. The van der Waals surface area contributed by atoms with Crippen molar-refractivity contribution >= 4 is 53.0 Å². The van der Waals surface area contributed by atoms with Gasteiger partial charge in [0.1, 0.15) is 4.71 Å². The van der Waals surface area contributed by atoms with Crippen LogP contribution in [0.1, 0.15) is 37.2 Å². The van der Waals surface area contributed by atoms with Crippen molar-refractivity contribution in [3.63, 3.8) is 0 Å². The number of thioether (sulfide) groups is 4. The second-order valence-corrected chi connectivity index (χ2v) is 12.5. The van der Waals surface area contributed by atoms with Gasteiger partial charge in [-0.25, -0.2) is 0 Å². The van der Waals surface area contributed by atoms with E-state index in [1.54, 1.807) is 0 Å². The molecule has 0 aliphatic carbocycles. The number of benzene rings is 1. The number of nitrogens with zero attached hydrogens (tertiary/aromatic N) is 1. The molecule has 3 aliphatic heterocycles. The molecule has 2 nitrogen and oxygen atoms in total. The van der Waals surface area contributed by atoms with Crippen molar-refractivity contribution in [1.82, 2.24) is 4.90 Å². The smallest absolute Gasteiger partial charge is 0.255 e. The highest BCUT2D eigenvalue weighted by Gasteiger charge is 2.59. The van der Waals surface area contributed by atoms with Crippen LogP contribution in [0.2, 0.25) is 0 Å². The molecule has 3 aliphatic rings. The summed E-state index contributed by atoms with van der Waals surface area (Å²) in [4.78, 5) is 15.9. The van der Waals surface area contributed by atoms with Crippen LogP contribution >= 0.6 is 47.0 Å². The Morgan fingerprint density at radius 2 is 1.50 bits per heavy atom. The van der Waals surface area contributed by atoms with Crippen LogP contribution in [0.4, 0.5) is 0 Å². The van der Waals surface area contributed by atoms with Crippen LogP contribution in [0.3, 0.4) is 0 Å². The lowest BCUT2D eigenvalue weighted by Crippen LogP contribution is -2.39. The van der Waals surface area contributed by atoms with Crippen LogP contribution in [0, 0.1) is 0 Å². The summed E-state index contributed by atoms with van der Waals surface area (Å²) in [7, 11) is 0. The molecule has 6 heteroatoms. The molecule has 0 radical (unpaired) electrons. The molecule has 3 heterocycles. The minimum atomic E-state index is -0.428. The van der Waals surface area contributed by atoms with Gasteiger partial charge in [-0.05, 0) is 54.3 Å². The maximum Gasteiger partial charge on any atom is 0.255 e. The van der Waals surface area contributed by atoms with Crippen molar-refractivity contribution in [2.24, 2.45) is 0 Å². The topological polar surface area (TPSA) is 20.3 Å². The van der Waals surface area contributed by atoms with E-state index in [0.717, 1.165) is 28.7 Å². The average Bonchev–Trinajstić information content (AvgIpc) is 2.97. The van der Waals surface area contributed by atoms with E-state index in [4.69, 9.17) is 0 Å². The average molecular weight is 424 g/mol. The highest BCUT2D eigenvalue weighted by molar-refractivity contribution is 8.19. The van der Waals surface area contributed by atoms with Crippen LogP contribution < -0.4 is 0 Å². The Labute approximate surface area is 173 Å². The van der Waals surface area contributed by atoms with Crippen molar-refractivity contribution in [2.75, 3.05) is 23.0 Å². The van der Waals surface area contributed by atoms with E-state index in [2.05, 4.69) is 41.8 Å². The third kappa shape index (κ3) is 3.47. The molecular formula is C20H25NOS4. The summed E-state index contributed by atoms with van der Waals surface area (Å²) < 4.78 is -0.241. The van der Waals surface area contributed by atoms with Gasteiger partial charge in [-0.3, -0.25) is 9.69 Å². The van der Waals surface area contributed by atoms with E-state index < -0.39 is 4.08 Å². The summed E-state index contributed by atoms with van der Waals surface area (Å²) >= 11 is 7.60. The Balaban J connectivity index is 1.74. The number of carbonyl (C=O) groups excluding carboxylic acids is 1. The lowest BCUT2D eigenvalue weighted by Gasteiger charge is -2.30. The van der Waals surface area contributed by atoms with Crippen LogP contribution in [0.5, 0.6) is 0 Å². The zero-order chi connectivity index (χ0) is 18.0. The van der Waals surface area contributed by atoms with Crippen LogP contribution in [-0.2, 0) is 4.79 Å². The van der Waals surface area contributed by atoms with Gasteiger partial charge in [0.15, 0.2) is 4.08 Å². The number of rotatable bonds is 2. The highest BCUT2D eigenvalue weighted by Crippen LogP contribution is 2.60. The maximum atomic E-state index is 13.8. The second-order valence-electron chi connectivity index (χ2n) is 6.84. The Morgan fingerprint density at radius 1 is 0.923 bits per heavy atom. The zero-order valence-electron chi connectivity index (χ0n) is 14.9. The summed E-state index contributed by atoms with van der Waals surface area (Å²) in [6.45, 7) is 4.48. The Hall–Kier alpha value is -0.170. The van der Waals surface area contributed by atoms with Crippen molar-refractivity contribution in [1.29, 1.82) is 0 Å². The van der Waals surface area contributed by atoms with Crippen LogP contribution in [-0.4, -0.2) is 42.6 Å². The first kappa shape index (κ1) is 19.2. The van der Waals surface area contributed by atoms with Crippen molar-refractivity contribution in [3.05, 3.63) is 48.2 Å². The van der Waals surface area contributed by atoms with E-state index in [9.17, 15) is 4.79 Å². The van der Waals surface area contributed by atoms with E-state index >= 15 is 0 Å². The Kier molecular flexibility index (Phi) is 6.23. The fourth-order valence-electron chi connectivity index (χ4n) is 3.82. The number of hydrogen-bond acceptors (Lipinski definition) is 5. The molecule has 1 aromatic carbocycles. The van der Waals surface area contributed by atoms with Gasteiger partial charge in [-0.2, -0.15) is 0 Å². The molecule has 1 aromatic rings. The highest BCUT2D eigenvalue weighted by atomic mass is 32.2. The van der Waals surface area contributed by atoms with Gasteiger partial charge >= 0.3 is 0 Å². The molecule has 1 spiro atoms. The van der Waals surface area contributed by atoms with Crippen LogP contribution in [0.15, 0.2) is 42.6 Å². The predicted octanol–water partition coefficient (Wildman–Crippen LogP) is 5.63. The van der Waals surface area contributed by atoms with Gasteiger partial charge in [0.25, 0.3) is 5.91 Å². The molecule has 0 aromatic heterocycles. The zero-order valence-corrected chi connectivity index (χ0v) is 18.2. The Bertz CT molecular complexity index is 649. The van der Waals surface area contributed by atoms with E-state index in [1.165, 1.54) is 31.2 Å². The molecule has 1 amide bonds. The quantitative estimate of drug-likeness (QED) is 0.613. The first-order chi connectivity index (χ1) is 12.7. The molecule has 1 atom stereocenters. The number of carbonyl (C=O) groups is 1. The largest absolute Gasteiger partial charge is 0.292 e. The van der Waals surface area contributed by atoms with E-state index in [1.807, 2.05) is 47.0 Å². The predicted molar refractivity (Wildman–Crippen MR) is 120 cm³/mol. The lowest BCUT2D eigenvalue weighted by atomic mass is 9.95. The monoisotopic (exact) mass is 423 g/mol. The molecule has 140 valence electrons. The van der Waals surface area contributed by atoms with Crippen LogP contribution in [0.25, 0.3) is 0 Å². The van der Waals surface area contributed by atoms with E-state index in [0.29, 0.717) is 5.91 Å². The molecule has 26 heavy (non-hydrogen) atoms. The molecular weight excluding hydrogens is 398 g/mol. The van der Waals surface area contributed by atoms with Gasteiger partial charge in [-0.1, -0.05) is 36.9 Å². The fourth-order valence-corrected chi connectivity index (χ4v) is 10.1. The molecule has 0 bridgehead atoms. The van der Waals surface area contributed by atoms with Gasteiger partial charge < -0.3 is 0 Å². The third-order valence-electron chi connectivity index (χ3n) is 5.11. The second kappa shape index (κ2) is 8.46. The molecule has 1 unspecified atom stereocenters. The number of hydrogen-bond donors (Lipinski definition) is 0. The fraction of sp³-hybridized carbons (Fsp3) is 0.550. The Morgan fingerprint density at radius 3 is 2.12 bits per heavy atom. The first-order valence-corrected chi connectivity index (χ1v) is 13.4. The molecule has 0 saturated carbocycles. The molecule has 3 fully saturated rings. The summed E-state index contributed by atoms with van der Waals surface area (Å²) in [5, 5.41) is 0. The summed E-state index contributed by atoms with van der Waals surface area (Å²) in [5.74, 6) is 4.77. The normalized spacial score (nSPS) is 27.5. The molecule has 0 N–H and O–H groups in total. The van der Waals surface area contributed by atoms with Gasteiger partial charge in [0.05, 0.1) is 5.92 Å². The van der Waals surface area contributed by atoms with Crippen molar-refractivity contribution in [2.45, 2.75) is 40.4 Å². The SMILES string of the molecule is C=C1C(c2ccccc2)C2(SCCCCS2)C(=O)N1C1SCCCCS1. The lowest BCUT2D eigenvalue weighted by molar-refractivity contribution is -0.126. The minimum absolute atomic E-state index is 0.0775. The van der Waals surface area contributed by atoms with E-state index in [-0.39, 0.29) is 10.6 Å². The number of likely N-dealkylation sites (tertiary alicyclic amines) is 1. The number of amides is 1. The summed E-state index contributed by atoms with van der Waals surface area (Å²) in [6, 6.07) is 10.6. The third-order valence-corrected chi connectivity index (χ3v) is 11.3. The summed E-state index contributed by atoms with van der Waals surface area (Å²) in [6.07, 6.45) is 4.90. The standard InChI is InChI=1S/C20H25NOS4/c1-15-17(16-9-3-2-4-10-16)20(25-13-7-8-14-26-20)18(22)21(15)19-23-11-5-6-12-24-19/h2-4,9-10,17,19H,1,5-8,11-14H2. The maximum absolute atomic E-state index is 13.8. The van der Waals surface area contributed by atoms with Crippen molar-refractivity contribution < 1.29 is 4.79 Å². The van der Waals surface area contributed by atoms with Crippen molar-refractivity contribution in [3.8, 4) is 0 Å². The van der Waals surface area contributed by atoms with Gasteiger partial charge in [0, 0.05) is 5.70 Å². The first-order valence-electron chi connectivity index (χ1n) is 9.32. The van der Waals surface area contributed by atoms with Gasteiger partial charge in [0.2, 0.25) is 0 Å². The molecule has 4 rings (SSSR count).